The lowest BCUT2D eigenvalue weighted by Gasteiger charge is -2.07. The van der Waals surface area contributed by atoms with Crippen molar-refractivity contribution in [2.75, 3.05) is 6.61 Å². The summed E-state index contributed by atoms with van der Waals surface area (Å²) in [5.74, 6) is -0.299. The van der Waals surface area contributed by atoms with E-state index in [0.29, 0.717) is 12.3 Å². The number of esters is 1. The second-order valence-electron chi connectivity index (χ2n) is 5.65. The van der Waals surface area contributed by atoms with Crippen molar-refractivity contribution >= 4 is 22.3 Å². The molecule has 24 heavy (non-hydrogen) atoms. The molecule has 0 saturated carbocycles. The van der Waals surface area contributed by atoms with Crippen LogP contribution in [0.15, 0.2) is 72.9 Å². The lowest BCUT2D eigenvalue weighted by atomic mass is 10.1. The average molecular weight is 315 g/mol. The van der Waals surface area contributed by atoms with E-state index in [1.54, 1.807) is 0 Å². The minimum Gasteiger partial charge on any atom is -0.461 e. The van der Waals surface area contributed by atoms with E-state index in [1.807, 2.05) is 66.1 Å². The van der Waals surface area contributed by atoms with Gasteiger partial charge in [0.05, 0.1) is 12.1 Å². The molecule has 2 heterocycles. The van der Waals surface area contributed by atoms with Crippen molar-refractivity contribution in [3.63, 3.8) is 0 Å². The number of aromatic nitrogens is 1. The van der Waals surface area contributed by atoms with Gasteiger partial charge in [-0.3, -0.25) is 0 Å². The number of benzene rings is 2. The maximum atomic E-state index is 12.6. The number of carbonyl (C=O) groups is 1. The van der Waals surface area contributed by atoms with E-state index in [-0.39, 0.29) is 5.97 Å². The smallest absolute Gasteiger partial charge is 0.355 e. The molecule has 0 radical (unpaired) electrons. The molecular formula is C21H17NO2. The van der Waals surface area contributed by atoms with Crippen LogP contribution in [0.5, 0.6) is 0 Å². The fourth-order valence-corrected chi connectivity index (χ4v) is 3.16. The minimum absolute atomic E-state index is 0.299. The standard InChI is InChI=1S/C21H17NO2/c1-2-24-21(23)20-18(15-8-4-3-5-9-15)14-19-17-11-7-6-10-16(17)12-13-22(19)20/h3-14H,2H2,1H3. The number of pyridine rings is 1. The van der Waals surface area contributed by atoms with Gasteiger partial charge >= 0.3 is 5.97 Å². The van der Waals surface area contributed by atoms with Crippen LogP contribution < -0.4 is 0 Å². The average Bonchev–Trinajstić information content (AvgIpc) is 3.03. The zero-order valence-corrected chi connectivity index (χ0v) is 13.4. The molecule has 3 heteroatoms. The van der Waals surface area contributed by atoms with Crippen molar-refractivity contribution in [1.82, 2.24) is 4.40 Å². The van der Waals surface area contributed by atoms with Crippen LogP contribution >= 0.6 is 0 Å². The second-order valence-corrected chi connectivity index (χ2v) is 5.65. The molecule has 0 fully saturated rings. The summed E-state index contributed by atoms with van der Waals surface area (Å²) >= 11 is 0. The van der Waals surface area contributed by atoms with Gasteiger partial charge < -0.3 is 9.14 Å². The van der Waals surface area contributed by atoms with E-state index in [9.17, 15) is 4.79 Å². The van der Waals surface area contributed by atoms with Gasteiger partial charge in [0.2, 0.25) is 0 Å². The summed E-state index contributed by atoms with van der Waals surface area (Å²) in [6.45, 7) is 2.18. The first-order valence-corrected chi connectivity index (χ1v) is 8.05. The van der Waals surface area contributed by atoms with Crippen LogP contribution in [0.25, 0.3) is 27.4 Å². The Morgan fingerprint density at radius 2 is 1.75 bits per heavy atom. The van der Waals surface area contributed by atoms with Crippen LogP contribution in [0.1, 0.15) is 17.4 Å². The highest BCUT2D eigenvalue weighted by Crippen LogP contribution is 2.32. The predicted octanol–water partition coefficient (Wildman–Crippen LogP) is 4.94. The van der Waals surface area contributed by atoms with Crippen LogP contribution in [-0.2, 0) is 4.74 Å². The fourth-order valence-electron chi connectivity index (χ4n) is 3.16. The molecule has 0 atom stereocenters. The molecular weight excluding hydrogens is 298 g/mol. The Hall–Kier alpha value is -3.07. The summed E-state index contributed by atoms with van der Waals surface area (Å²) < 4.78 is 7.24. The SMILES string of the molecule is CCOC(=O)c1c(-c2ccccc2)cc2c3ccccc3ccn12. The zero-order chi connectivity index (χ0) is 16.5. The first-order chi connectivity index (χ1) is 11.8. The molecule has 0 N–H and O–H groups in total. The number of ether oxygens (including phenoxy) is 1. The Morgan fingerprint density at radius 3 is 2.54 bits per heavy atom. The van der Waals surface area contributed by atoms with Crippen molar-refractivity contribution in [3.8, 4) is 11.1 Å². The summed E-state index contributed by atoms with van der Waals surface area (Å²) in [5, 5.41) is 2.27. The van der Waals surface area contributed by atoms with Gasteiger partial charge in [-0.05, 0) is 30.0 Å². The molecule has 0 amide bonds. The highest BCUT2D eigenvalue weighted by atomic mass is 16.5. The lowest BCUT2D eigenvalue weighted by molar-refractivity contribution is 0.0519. The third-order valence-electron chi connectivity index (χ3n) is 4.23. The number of rotatable bonds is 3. The first kappa shape index (κ1) is 14.5. The first-order valence-electron chi connectivity index (χ1n) is 8.05. The second kappa shape index (κ2) is 5.85. The Morgan fingerprint density at radius 1 is 1.00 bits per heavy atom. The largest absolute Gasteiger partial charge is 0.461 e. The Labute approximate surface area is 140 Å². The van der Waals surface area contributed by atoms with Crippen molar-refractivity contribution in [1.29, 1.82) is 0 Å². The normalized spacial score (nSPS) is 11.0. The molecule has 4 rings (SSSR count). The van der Waals surface area contributed by atoms with Crippen molar-refractivity contribution < 1.29 is 9.53 Å². The van der Waals surface area contributed by atoms with Crippen molar-refractivity contribution in [3.05, 3.63) is 78.6 Å². The summed E-state index contributed by atoms with van der Waals surface area (Å²) in [6, 6.07) is 22.2. The van der Waals surface area contributed by atoms with Gasteiger partial charge in [0.1, 0.15) is 5.69 Å². The highest BCUT2D eigenvalue weighted by Gasteiger charge is 2.20. The molecule has 2 aromatic heterocycles. The van der Waals surface area contributed by atoms with Gasteiger partial charge in [-0.15, -0.1) is 0 Å². The fraction of sp³-hybridized carbons (Fsp3) is 0.0952. The molecule has 0 bridgehead atoms. The van der Waals surface area contributed by atoms with Crippen LogP contribution in [0.3, 0.4) is 0 Å². The van der Waals surface area contributed by atoms with Crippen molar-refractivity contribution in [2.24, 2.45) is 0 Å². The number of hydrogen-bond acceptors (Lipinski definition) is 2. The van der Waals surface area contributed by atoms with E-state index < -0.39 is 0 Å². The molecule has 4 aromatic rings. The van der Waals surface area contributed by atoms with Gasteiger partial charge in [0.15, 0.2) is 0 Å². The summed E-state index contributed by atoms with van der Waals surface area (Å²) in [6.07, 6.45) is 1.94. The minimum atomic E-state index is -0.299. The molecule has 2 aromatic carbocycles. The number of hydrogen-bond donors (Lipinski definition) is 0. The van der Waals surface area contributed by atoms with Gasteiger partial charge in [0.25, 0.3) is 0 Å². The summed E-state index contributed by atoms with van der Waals surface area (Å²) in [5.41, 5.74) is 3.48. The zero-order valence-electron chi connectivity index (χ0n) is 13.4. The van der Waals surface area contributed by atoms with Crippen LogP contribution in [0.4, 0.5) is 0 Å². The van der Waals surface area contributed by atoms with Gasteiger partial charge in [-0.2, -0.15) is 0 Å². The molecule has 0 saturated heterocycles. The van der Waals surface area contributed by atoms with E-state index in [0.717, 1.165) is 27.4 Å². The number of nitrogens with zero attached hydrogens (tertiary/aromatic N) is 1. The molecule has 3 nitrogen and oxygen atoms in total. The number of carbonyl (C=O) groups excluding carboxylic acids is 1. The maximum Gasteiger partial charge on any atom is 0.355 e. The van der Waals surface area contributed by atoms with Crippen LogP contribution in [-0.4, -0.2) is 17.0 Å². The monoisotopic (exact) mass is 315 g/mol. The maximum absolute atomic E-state index is 12.6. The topological polar surface area (TPSA) is 30.7 Å². The van der Waals surface area contributed by atoms with E-state index >= 15 is 0 Å². The van der Waals surface area contributed by atoms with Crippen LogP contribution in [0, 0.1) is 0 Å². The number of fused-ring (bicyclic) bond motifs is 3. The van der Waals surface area contributed by atoms with Gasteiger partial charge in [0, 0.05) is 17.1 Å². The molecule has 0 aliphatic carbocycles. The van der Waals surface area contributed by atoms with Gasteiger partial charge in [-0.25, -0.2) is 4.79 Å². The third-order valence-corrected chi connectivity index (χ3v) is 4.23. The van der Waals surface area contributed by atoms with Crippen LogP contribution in [0.2, 0.25) is 0 Å². The molecule has 0 unspecified atom stereocenters. The van der Waals surface area contributed by atoms with Crippen molar-refractivity contribution in [2.45, 2.75) is 6.92 Å². The Balaban J connectivity index is 2.08. The predicted molar refractivity (Wildman–Crippen MR) is 96.3 cm³/mol. The summed E-state index contributed by atoms with van der Waals surface area (Å²) in [7, 11) is 0. The van der Waals surface area contributed by atoms with E-state index in [4.69, 9.17) is 4.74 Å². The summed E-state index contributed by atoms with van der Waals surface area (Å²) in [4.78, 5) is 12.6. The lowest BCUT2D eigenvalue weighted by Crippen LogP contribution is -2.09. The Kier molecular flexibility index (Phi) is 3.54. The molecule has 118 valence electrons. The Bertz CT molecular complexity index is 1030. The van der Waals surface area contributed by atoms with E-state index in [1.165, 1.54) is 0 Å². The molecule has 0 spiro atoms. The highest BCUT2D eigenvalue weighted by molar-refractivity contribution is 6.04. The van der Waals surface area contributed by atoms with Gasteiger partial charge in [-0.1, -0.05) is 54.6 Å². The molecule has 0 aliphatic rings. The van der Waals surface area contributed by atoms with E-state index in [2.05, 4.69) is 18.2 Å². The third kappa shape index (κ3) is 2.26. The molecule has 0 aliphatic heterocycles. The quantitative estimate of drug-likeness (QED) is 0.502.